The minimum atomic E-state index is -1.10. The summed E-state index contributed by atoms with van der Waals surface area (Å²) < 4.78 is 2.50. The van der Waals surface area contributed by atoms with E-state index in [0.717, 1.165) is 10.1 Å². The second-order valence-corrected chi connectivity index (χ2v) is 16.0. The van der Waals surface area contributed by atoms with Crippen LogP contribution in [0.4, 0.5) is 0 Å². The molecule has 0 saturated carbocycles. The van der Waals surface area contributed by atoms with Crippen molar-refractivity contribution in [3.8, 4) is 11.1 Å². The van der Waals surface area contributed by atoms with Crippen LogP contribution in [0, 0.1) is 0 Å². The zero-order chi connectivity index (χ0) is 20.5. The largest absolute Gasteiger partial charge is 1.00 e. The Morgan fingerprint density at radius 3 is 2.28 bits per heavy atom. The molecule has 0 nitrogen and oxygen atoms in total. The first-order valence-corrected chi connectivity index (χ1v) is 16.9. The van der Waals surface area contributed by atoms with Gasteiger partial charge in [0.2, 0.25) is 0 Å². The van der Waals surface area contributed by atoms with Crippen LogP contribution in [0.3, 0.4) is 0 Å². The van der Waals surface area contributed by atoms with E-state index in [-0.39, 0.29) is 32.7 Å². The maximum absolute atomic E-state index is 2.61. The van der Waals surface area contributed by atoms with E-state index < -0.39 is 22.9 Å². The number of fused-ring (bicyclic) bond motifs is 4. The molecule has 0 N–H and O–H groups in total. The summed E-state index contributed by atoms with van der Waals surface area (Å²) in [5, 5.41) is 1.84. The Morgan fingerprint density at radius 2 is 1.50 bits per heavy atom. The molecule has 5 rings (SSSR count). The van der Waals surface area contributed by atoms with Crippen molar-refractivity contribution >= 4 is 17.3 Å². The van der Waals surface area contributed by atoms with Gasteiger partial charge >= 0.3 is 195 Å². The van der Waals surface area contributed by atoms with Gasteiger partial charge in [0.1, 0.15) is 0 Å². The molecule has 4 heteroatoms. The zero-order valence-electron chi connectivity index (χ0n) is 18.7. The summed E-state index contributed by atoms with van der Waals surface area (Å²) in [7, 11) is 0.0134. The molecule has 0 aromatic heterocycles. The SMILES string of the molecule is CCCP(CCC)C1=Cc2ccccc2[CH]1[Hf+2][c]1cccc2c1Cc1ccccc1-2.[Cl-].[Cl-]. The molecule has 32 heavy (non-hydrogen) atoms. The van der Waals surface area contributed by atoms with Gasteiger partial charge in [-0.3, -0.25) is 0 Å². The molecule has 0 spiro atoms. The van der Waals surface area contributed by atoms with E-state index in [1.165, 1.54) is 47.4 Å². The third kappa shape index (κ3) is 4.88. The van der Waals surface area contributed by atoms with Crippen LogP contribution in [-0.2, 0) is 29.3 Å². The van der Waals surface area contributed by atoms with Gasteiger partial charge in [0.25, 0.3) is 0 Å². The van der Waals surface area contributed by atoms with Crippen molar-refractivity contribution in [2.75, 3.05) is 12.3 Å². The van der Waals surface area contributed by atoms with E-state index in [1.54, 1.807) is 14.4 Å². The Kier molecular flexibility index (Phi) is 9.40. The minimum absolute atomic E-state index is 0. The quantitative estimate of drug-likeness (QED) is 0.211. The summed E-state index contributed by atoms with van der Waals surface area (Å²) in [5.74, 6) is 0. The van der Waals surface area contributed by atoms with Gasteiger partial charge < -0.3 is 24.8 Å². The summed E-state index contributed by atoms with van der Waals surface area (Å²) >= 11 is -1.10. The zero-order valence-corrected chi connectivity index (χ0v) is 24.7. The molecule has 0 amide bonds. The van der Waals surface area contributed by atoms with Crippen LogP contribution in [0.5, 0.6) is 0 Å². The van der Waals surface area contributed by atoms with E-state index in [1.807, 2.05) is 5.31 Å². The average molecular weight is 646 g/mol. The topological polar surface area (TPSA) is 0 Å². The maximum Gasteiger partial charge on any atom is -1.00 e. The fourth-order valence-electron chi connectivity index (χ4n) is 5.09. The second-order valence-electron chi connectivity index (χ2n) is 8.43. The van der Waals surface area contributed by atoms with Crippen LogP contribution >= 0.6 is 7.92 Å². The molecule has 0 radical (unpaired) electrons. The third-order valence-corrected chi connectivity index (χ3v) is 16.4. The van der Waals surface area contributed by atoms with Crippen molar-refractivity contribution in [2.24, 2.45) is 0 Å². The Hall–Kier alpha value is -0.720. The van der Waals surface area contributed by atoms with E-state index >= 15 is 0 Å². The second kappa shape index (κ2) is 11.6. The number of hydrogen-bond acceptors (Lipinski definition) is 0. The van der Waals surface area contributed by atoms with Crippen molar-refractivity contribution in [2.45, 2.75) is 36.8 Å². The summed E-state index contributed by atoms with van der Waals surface area (Å²) in [6, 6.07) is 25.5. The normalized spacial score (nSPS) is 15.1. The maximum atomic E-state index is 2.61. The standard InChI is InChI=1S/C15H20P.C13H9.2ClH.Hf/c1-3-9-16(10-4-2)15-11-13-7-5-6-8-14(13)12-15;1-3-7-12-10(5-1)9-11-6-2-4-8-13(11)12;;;/h5-8,11-12H,3-4,9-10H2,1-2H3;1-5,7-8H,9H2;2*1H;/q;;;;+2/p-2. The fraction of sp³-hybridized carbons (Fsp3) is 0.286. The Labute approximate surface area is 218 Å². The molecule has 3 aromatic carbocycles. The molecule has 2 aliphatic rings. The van der Waals surface area contributed by atoms with Gasteiger partial charge in [-0.25, -0.2) is 0 Å². The third-order valence-electron chi connectivity index (χ3n) is 6.41. The van der Waals surface area contributed by atoms with Crippen molar-refractivity contribution < 1.29 is 47.7 Å². The molecule has 3 aromatic rings. The number of allylic oxidation sites excluding steroid dienone is 1. The molecule has 0 bridgehead atoms. The van der Waals surface area contributed by atoms with E-state index in [9.17, 15) is 0 Å². The first kappa shape index (κ1) is 25.9. The van der Waals surface area contributed by atoms with Crippen LogP contribution in [0.1, 0.15) is 52.6 Å². The summed E-state index contributed by atoms with van der Waals surface area (Å²) in [4.78, 5) is 0. The van der Waals surface area contributed by atoms with Crippen molar-refractivity contribution in [1.29, 1.82) is 0 Å². The smallest absolute Gasteiger partial charge is 1.00 e. The van der Waals surface area contributed by atoms with Gasteiger partial charge in [0.15, 0.2) is 0 Å². The molecule has 0 fully saturated rings. The van der Waals surface area contributed by atoms with Crippen molar-refractivity contribution in [1.82, 2.24) is 0 Å². The van der Waals surface area contributed by atoms with E-state index in [2.05, 4.69) is 86.7 Å². The summed E-state index contributed by atoms with van der Waals surface area (Å²) in [6.07, 6.45) is 9.19. The van der Waals surface area contributed by atoms with Crippen LogP contribution < -0.4 is 28.1 Å². The van der Waals surface area contributed by atoms with Gasteiger partial charge in [-0.05, 0) is 0 Å². The molecule has 1 atom stereocenters. The molecule has 164 valence electrons. The average Bonchev–Trinajstić information content (AvgIpc) is 3.33. The minimum Gasteiger partial charge on any atom is -1.00 e. The van der Waals surface area contributed by atoms with E-state index in [4.69, 9.17) is 0 Å². The molecule has 0 saturated heterocycles. The van der Waals surface area contributed by atoms with Crippen LogP contribution in [0.25, 0.3) is 17.2 Å². The van der Waals surface area contributed by atoms with Gasteiger partial charge in [-0.2, -0.15) is 0 Å². The predicted molar refractivity (Wildman–Crippen MR) is 129 cm³/mol. The molecule has 0 aliphatic heterocycles. The molecule has 0 heterocycles. The van der Waals surface area contributed by atoms with Gasteiger partial charge in [-0.15, -0.1) is 0 Å². The summed E-state index contributed by atoms with van der Waals surface area (Å²) in [5.41, 5.74) is 9.31. The van der Waals surface area contributed by atoms with Gasteiger partial charge in [0, 0.05) is 0 Å². The van der Waals surface area contributed by atoms with Gasteiger partial charge in [0.05, 0.1) is 0 Å². The molecular formula is C28H29Cl2HfP. The van der Waals surface area contributed by atoms with Crippen LogP contribution in [0.2, 0.25) is 0 Å². The molecule has 1 unspecified atom stereocenters. The van der Waals surface area contributed by atoms with Crippen LogP contribution in [-0.4, -0.2) is 12.3 Å². The van der Waals surface area contributed by atoms with Gasteiger partial charge in [-0.1, -0.05) is 0 Å². The predicted octanol–water partition coefficient (Wildman–Crippen LogP) is 1.37. The van der Waals surface area contributed by atoms with Crippen molar-refractivity contribution in [3.63, 3.8) is 0 Å². The Morgan fingerprint density at radius 1 is 0.812 bits per heavy atom. The molecular weight excluding hydrogens is 617 g/mol. The monoisotopic (exact) mass is 646 g/mol. The number of halogens is 2. The number of benzene rings is 3. The van der Waals surface area contributed by atoms with E-state index in [0.29, 0.717) is 0 Å². The Bertz CT molecular complexity index is 1100. The van der Waals surface area contributed by atoms with Crippen LogP contribution in [0.15, 0.2) is 72.0 Å². The fourth-order valence-corrected chi connectivity index (χ4v) is 15.8. The summed E-state index contributed by atoms with van der Waals surface area (Å²) in [6.45, 7) is 4.73. The van der Waals surface area contributed by atoms with Crippen molar-refractivity contribution in [3.05, 3.63) is 94.3 Å². The first-order valence-electron chi connectivity index (χ1n) is 11.3. The molecule has 2 aliphatic carbocycles. The number of rotatable bonds is 7. The number of hydrogen-bond donors (Lipinski definition) is 0. The Balaban J connectivity index is 0.00000144. The first-order chi connectivity index (χ1) is 14.8.